The van der Waals surface area contributed by atoms with E-state index in [2.05, 4.69) is 56.3 Å². The molecule has 0 atom stereocenters. The lowest BCUT2D eigenvalue weighted by Crippen LogP contribution is -2.41. The summed E-state index contributed by atoms with van der Waals surface area (Å²) < 4.78 is 2.03. The van der Waals surface area contributed by atoms with Gasteiger partial charge in [-0.1, -0.05) is 36.4 Å². The molecule has 3 aromatic rings. The number of benzene rings is 2. The summed E-state index contributed by atoms with van der Waals surface area (Å²) in [6.45, 7) is 4.52. The summed E-state index contributed by atoms with van der Waals surface area (Å²) >= 11 is 0. The molecule has 0 saturated heterocycles. The van der Waals surface area contributed by atoms with Crippen molar-refractivity contribution in [2.75, 3.05) is 0 Å². The Morgan fingerprint density at radius 3 is 2.56 bits per heavy atom. The van der Waals surface area contributed by atoms with E-state index in [1.165, 1.54) is 27.8 Å². The predicted octanol–water partition coefficient (Wildman–Crippen LogP) is 4.62. The smallest absolute Gasteiger partial charge is 0.227 e. The fourth-order valence-corrected chi connectivity index (χ4v) is 3.49. The van der Waals surface area contributed by atoms with Crippen LogP contribution in [0.4, 0.5) is 0 Å². The van der Waals surface area contributed by atoms with E-state index in [-0.39, 0.29) is 22.8 Å². The van der Waals surface area contributed by atoms with Crippen LogP contribution in [0.5, 0.6) is 0 Å². The molecule has 0 fully saturated rings. The molecule has 0 aliphatic heterocycles. The van der Waals surface area contributed by atoms with Crippen molar-refractivity contribution < 1.29 is 9.36 Å². The van der Waals surface area contributed by atoms with Gasteiger partial charge in [0, 0.05) is 24.1 Å². The second kappa shape index (κ2) is 6.93. The van der Waals surface area contributed by atoms with Gasteiger partial charge in [-0.2, -0.15) is 4.57 Å². The van der Waals surface area contributed by atoms with E-state index in [0.29, 0.717) is 6.54 Å². The van der Waals surface area contributed by atoms with Crippen molar-refractivity contribution in [3.8, 4) is 11.1 Å². The van der Waals surface area contributed by atoms with Gasteiger partial charge in [-0.25, -0.2) is 0 Å². The second-order valence-corrected chi connectivity index (χ2v) is 6.53. The number of fused-ring (bicyclic) bond motifs is 3. The third-order valence-corrected chi connectivity index (χ3v) is 5.04. The highest BCUT2D eigenvalue weighted by molar-refractivity contribution is 8.93. The summed E-state index contributed by atoms with van der Waals surface area (Å²) in [6.07, 6.45) is 2.90. The molecule has 1 aromatic heterocycles. The van der Waals surface area contributed by atoms with Crippen LogP contribution in [0.2, 0.25) is 0 Å². The number of carbonyl (C=O) groups excluding carboxylic acids is 1. The molecule has 0 saturated carbocycles. The largest absolute Gasteiger partial charge is 0.287 e. The topological polar surface area (TPSA) is 20.9 Å². The number of aromatic nitrogens is 1. The van der Waals surface area contributed by atoms with E-state index in [1.807, 2.05) is 22.9 Å². The lowest BCUT2D eigenvalue weighted by atomic mass is 10.0. The molecule has 2 nitrogen and oxygen atoms in total. The van der Waals surface area contributed by atoms with E-state index in [4.69, 9.17) is 0 Å². The highest BCUT2D eigenvalue weighted by atomic mass is 79.9. The number of carbonyl (C=O) groups is 1. The zero-order valence-corrected chi connectivity index (χ0v) is 16.2. The monoisotopic (exact) mass is 394 g/mol. The number of hydrogen-bond donors (Lipinski definition) is 0. The highest BCUT2D eigenvalue weighted by Crippen LogP contribution is 2.36. The molecule has 1 heterocycles. The van der Waals surface area contributed by atoms with E-state index in [1.54, 1.807) is 0 Å². The first-order chi connectivity index (χ1) is 11.6. The van der Waals surface area contributed by atoms with Crippen LogP contribution in [0, 0.1) is 13.8 Å². The van der Waals surface area contributed by atoms with Crippen molar-refractivity contribution in [2.24, 2.45) is 0 Å². The van der Waals surface area contributed by atoms with E-state index in [9.17, 15) is 4.79 Å². The SMILES string of the molecule is Br.Cc1ccc[n+](CC(=O)c2ccc3c(c2)Cc2ccccc2-3)c1C. The predicted molar refractivity (Wildman–Crippen MR) is 105 cm³/mol. The minimum Gasteiger partial charge on any atom is -0.287 e. The summed E-state index contributed by atoms with van der Waals surface area (Å²) in [5.74, 6) is 0.160. The number of Topliss-reactive ketones (excluding diaryl/α,β-unsaturated/α-hetero) is 1. The van der Waals surface area contributed by atoms with Gasteiger partial charge in [0.1, 0.15) is 0 Å². The van der Waals surface area contributed by atoms with Crippen LogP contribution >= 0.6 is 17.0 Å². The van der Waals surface area contributed by atoms with Gasteiger partial charge in [0.25, 0.3) is 0 Å². The van der Waals surface area contributed by atoms with Gasteiger partial charge in [0.2, 0.25) is 12.3 Å². The summed E-state index contributed by atoms with van der Waals surface area (Å²) in [5.41, 5.74) is 8.31. The third-order valence-electron chi connectivity index (χ3n) is 5.04. The Balaban J connectivity index is 0.00000182. The van der Waals surface area contributed by atoms with Crippen LogP contribution in [0.3, 0.4) is 0 Å². The maximum atomic E-state index is 12.7. The fraction of sp³-hybridized carbons (Fsp3) is 0.182. The molecule has 1 aliphatic carbocycles. The first-order valence-corrected chi connectivity index (χ1v) is 8.33. The molecule has 0 amide bonds. The maximum absolute atomic E-state index is 12.7. The van der Waals surface area contributed by atoms with Crippen molar-refractivity contribution in [1.82, 2.24) is 0 Å². The Morgan fingerprint density at radius 1 is 0.960 bits per heavy atom. The normalized spacial score (nSPS) is 11.4. The van der Waals surface area contributed by atoms with Gasteiger partial charge in [-0.15, -0.1) is 17.0 Å². The summed E-state index contributed by atoms with van der Waals surface area (Å²) in [6, 6.07) is 18.7. The van der Waals surface area contributed by atoms with Crippen LogP contribution in [-0.2, 0) is 13.0 Å². The minimum atomic E-state index is 0. The molecule has 0 radical (unpaired) electrons. The van der Waals surface area contributed by atoms with Crippen LogP contribution in [-0.4, -0.2) is 5.78 Å². The number of nitrogens with zero attached hydrogens (tertiary/aromatic N) is 1. The molecule has 0 N–H and O–H groups in total. The second-order valence-electron chi connectivity index (χ2n) is 6.53. The van der Waals surface area contributed by atoms with E-state index in [0.717, 1.165) is 17.7 Å². The lowest BCUT2D eigenvalue weighted by Gasteiger charge is -2.05. The van der Waals surface area contributed by atoms with E-state index < -0.39 is 0 Å². The molecule has 0 bridgehead atoms. The fourth-order valence-electron chi connectivity index (χ4n) is 3.49. The Labute approximate surface area is 158 Å². The number of hydrogen-bond acceptors (Lipinski definition) is 1. The molecule has 4 rings (SSSR count). The zero-order chi connectivity index (χ0) is 16.7. The third kappa shape index (κ3) is 3.16. The molecule has 0 spiro atoms. The number of pyridine rings is 1. The molecule has 126 valence electrons. The highest BCUT2D eigenvalue weighted by Gasteiger charge is 2.21. The molecule has 25 heavy (non-hydrogen) atoms. The van der Waals surface area contributed by atoms with Crippen LogP contribution in [0.1, 0.15) is 32.7 Å². The van der Waals surface area contributed by atoms with E-state index >= 15 is 0 Å². The van der Waals surface area contributed by atoms with Gasteiger partial charge < -0.3 is 0 Å². The van der Waals surface area contributed by atoms with Crippen molar-refractivity contribution in [3.05, 3.63) is 88.7 Å². The minimum absolute atomic E-state index is 0. The molecular weight excluding hydrogens is 374 g/mol. The number of halogens is 1. The van der Waals surface area contributed by atoms with Crippen molar-refractivity contribution in [1.29, 1.82) is 0 Å². The Kier molecular flexibility index (Phi) is 4.87. The van der Waals surface area contributed by atoms with Gasteiger partial charge in [0.05, 0.1) is 0 Å². The zero-order valence-electron chi connectivity index (χ0n) is 14.5. The molecule has 1 aliphatic rings. The van der Waals surface area contributed by atoms with Crippen molar-refractivity contribution in [3.63, 3.8) is 0 Å². The van der Waals surface area contributed by atoms with Crippen LogP contribution in [0.15, 0.2) is 60.8 Å². The standard InChI is InChI=1S/C22H20NO.BrH/c1-15-6-5-11-23(16(15)2)14-22(24)18-9-10-21-19(13-18)12-17-7-3-4-8-20(17)21;/h3-11,13H,12,14H2,1-2H3;1H/q+1;. The molecular formula is C22H21BrNO+. The van der Waals surface area contributed by atoms with Gasteiger partial charge in [-0.3, -0.25) is 4.79 Å². The molecule has 2 aromatic carbocycles. The maximum Gasteiger partial charge on any atom is 0.227 e. The Hall–Kier alpha value is -2.26. The summed E-state index contributed by atoms with van der Waals surface area (Å²) in [7, 11) is 0. The molecule has 0 unspecified atom stereocenters. The average molecular weight is 395 g/mol. The average Bonchev–Trinajstić information content (AvgIpc) is 2.96. The first kappa shape index (κ1) is 17.6. The quantitative estimate of drug-likeness (QED) is 0.366. The van der Waals surface area contributed by atoms with Gasteiger partial charge in [0.15, 0.2) is 11.9 Å². The van der Waals surface area contributed by atoms with Crippen molar-refractivity contribution in [2.45, 2.75) is 26.8 Å². The van der Waals surface area contributed by atoms with Crippen LogP contribution in [0.25, 0.3) is 11.1 Å². The van der Waals surface area contributed by atoms with Gasteiger partial charge >= 0.3 is 0 Å². The van der Waals surface area contributed by atoms with Crippen molar-refractivity contribution >= 4 is 22.8 Å². The Bertz CT molecular complexity index is 962. The molecule has 3 heteroatoms. The Morgan fingerprint density at radius 2 is 1.72 bits per heavy atom. The van der Waals surface area contributed by atoms with Crippen LogP contribution < -0.4 is 4.57 Å². The number of ketones is 1. The number of aryl methyl sites for hydroxylation is 1. The van der Waals surface area contributed by atoms with Gasteiger partial charge in [-0.05, 0) is 47.7 Å². The first-order valence-electron chi connectivity index (χ1n) is 8.33. The lowest BCUT2D eigenvalue weighted by molar-refractivity contribution is -0.689. The number of rotatable bonds is 3. The summed E-state index contributed by atoms with van der Waals surface area (Å²) in [5, 5.41) is 0. The summed E-state index contributed by atoms with van der Waals surface area (Å²) in [4.78, 5) is 12.7.